The molecule has 0 aliphatic carbocycles. The number of halogens is 2. The number of carboxylic acid groups (broad SMARTS) is 1. The topological polar surface area (TPSA) is 113 Å². The van der Waals surface area contributed by atoms with Gasteiger partial charge in [0.25, 0.3) is 0 Å². The van der Waals surface area contributed by atoms with Crippen LogP contribution in [-0.4, -0.2) is 41.0 Å². The molecule has 0 fully saturated rings. The molecule has 4 N–H and O–H groups in total. The Kier molecular flexibility index (Phi) is 5.98. The Morgan fingerprint density at radius 2 is 2.00 bits per heavy atom. The van der Waals surface area contributed by atoms with Gasteiger partial charge in [-0.25, -0.2) is 4.79 Å². The zero-order valence-electron chi connectivity index (χ0n) is 11.0. The lowest BCUT2D eigenvalue weighted by Crippen LogP contribution is -2.43. The number of amides is 3. The Labute approximate surface area is 134 Å². The number of primary amides is 1. The number of nitrogens with zero attached hydrogens (tertiary/aromatic N) is 1. The standard InChI is InChI=1S/C12H13BrClN3O4/c1-6-2-7(13)9(3-8(6)14)16-12(21)17(4-10(15)18)5-11(19)20/h2-3H,4-5H2,1H3,(H2,15,18)(H,16,21)(H,19,20). The molecular weight excluding hydrogens is 366 g/mol. The van der Waals surface area contributed by atoms with Gasteiger partial charge in [-0.15, -0.1) is 0 Å². The number of aryl methyl sites for hydroxylation is 1. The summed E-state index contributed by atoms with van der Waals surface area (Å²) in [4.78, 5) is 34.4. The van der Waals surface area contributed by atoms with Crippen LogP contribution in [0.2, 0.25) is 5.02 Å². The first-order chi connectivity index (χ1) is 9.70. The van der Waals surface area contributed by atoms with E-state index in [-0.39, 0.29) is 0 Å². The van der Waals surface area contributed by atoms with Crippen molar-refractivity contribution in [3.63, 3.8) is 0 Å². The number of carbonyl (C=O) groups is 3. The van der Waals surface area contributed by atoms with Crippen molar-refractivity contribution >= 4 is 51.1 Å². The minimum atomic E-state index is -1.26. The van der Waals surface area contributed by atoms with Gasteiger partial charge in [-0.2, -0.15) is 0 Å². The van der Waals surface area contributed by atoms with E-state index in [9.17, 15) is 14.4 Å². The molecule has 0 saturated carbocycles. The number of aliphatic carboxylic acids is 1. The van der Waals surface area contributed by atoms with Crippen molar-refractivity contribution in [2.24, 2.45) is 5.73 Å². The highest BCUT2D eigenvalue weighted by molar-refractivity contribution is 9.10. The largest absolute Gasteiger partial charge is 0.480 e. The van der Waals surface area contributed by atoms with Gasteiger partial charge in [0.1, 0.15) is 13.1 Å². The predicted octanol–water partition coefficient (Wildman–Crippen LogP) is 1.81. The number of urea groups is 1. The van der Waals surface area contributed by atoms with Crippen molar-refractivity contribution in [3.05, 3.63) is 27.2 Å². The summed E-state index contributed by atoms with van der Waals surface area (Å²) in [6.45, 7) is 0.643. The third-order valence-corrected chi connectivity index (χ3v) is 3.51. The number of hydrogen-bond acceptors (Lipinski definition) is 3. The van der Waals surface area contributed by atoms with Gasteiger partial charge in [0, 0.05) is 9.50 Å². The van der Waals surface area contributed by atoms with Crippen molar-refractivity contribution in [3.8, 4) is 0 Å². The number of rotatable bonds is 5. The number of nitrogens with two attached hydrogens (primary N) is 1. The van der Waals surface area contributed by atoms with Gasteiger partial charge >= 0.3 is 12.0 Å². The van der Waals surface area contributed by atoms with Crippen LogP contribution < -0.4 is 11.1 Å². The average Bonchev–Trinajstić information content (AvgIpc) is 2.33. The van der Waals surface area contributed by atoms with E-state index in [2.05, 4.69) is 21.2 Å². The minimum Gasteiger partial charge on any atom is -0.480 e. The lowest BCUT2D eigenvalue weighted by Gasteiger charge is -2.20. The van der Waals surface area contributed by atoms with Crippen molar-refractivity contribution in [2.45, 2.75) is 6.92 Å². The molecule has 114 valence electrons. The van der Waals surface area contributed by atoms with Crippen LogP contribution in [0.3, 0.4) is 0 Å². The first-order valence-electron chi connectivity index (χ1n) is 5.72. The Hall–Kier alpha value is -1.80. The van der Waals surface area contributed by atoms with Gasteiger partial charge in [0.2, 0.25) is 5.91 Å². The molecule has 9 heteroatoms. The Morgan fingerprint density at radius 3 is 2.52 bits per heavy atom. The molecule has 0 aromatic heterocycles. The van der Waals surface area contributed by atoms with Gasteiger partial charge in [-0.05, 0) is 40.5 Å². The summed E-state index contributed by atoms with van der Waals surface area (Å²) in [5.74, 6) is -2.07. The second-order valence-corrected chi connectivity index (χ2v) is 5.49. The third-order valence-electron chi connectivity index (χ3n) is 2.45. The third kappa shape index (κ3) is 5.24. The van der Waals surface area contributed by atoms with Gasteiger partial charge in [0.15, 0.2) is 0 Å². The molecule has 0 heterocycles. The summed E-state index contributed by atoms with van der Waals surface area (Å²) in [7, 11) is 0. The maximum atomic E-state index is 12.0. The first kappa shape index (κ1) is 17.3. The van der Waals surface area contributed by atoms with Crippen molar-refractivity contribution in [1.82, 2.24) is 4.90 Å². The first-order valence-corrected chi connectivity index (χ1v) is 6.89. The summed E-state index contributed by atoms with van der Waals surface area (Å²) < 4.78 is 0.576. The smallest absolute Gasteiger partial charge is 0.323 e. The molecule has 0 bridgehead atoms. The van der Waals surface area contributed by atoms with E-state index in [4.69, 9.17) is 22.4 Å². The Morgan fingerprint density at radius 1 is 1.38 bits per heavy atom. The van der Waals surface area contributed by atoms with E-state index in [1.54, 1.807) is 13.0 Å². The van der Waals surface area contributed by atoms with Crippen LogP contribution in [0.1, 0.15) is 5.56 Å². The quantitative estimate of drug-likeness (QED) is 0.725. The molecule has 0 radical (unpaired) electrons. The van der Waals surface area contributed by atoms with Crippen LogP contribution in [0.15, 0.2) is 16.6 Å². The molecule has 0 aliphatic heterocycles. The number of hydrogen-bond donors (Lipinski definition) is 3. The number of anilines is 1. The summed E-state index contributed by atoms with van der Waals surface area (Å²) in [6, 6.07) is 2.45. The monoisotopic (exact) mass is 377 g/mol. The van der Waals surface area contributed by atoms with Crippen LogP contribution in [0, 0.1) is 6.92 Å². The SMILES string of the molecule is Cc1cc(Br)c(NC(=O)N(CC(N)=O)CC(=O)O)cc1Cl. The lowest BCUT2D eigenvalue weighted by molar-refractivity contribution is -0.137. The number of carboxylic acids is 1. The highest BCUT2D eigenvalue weighted by Crippen LogP contribution is 2.29. The molecular formula is C12H13BrClN3O4. The molecule has 0 spiro atoms. The van der Waals surface area contributed by atoms with E-state index < -0.39 is 31.0 Å². The molecule has 0 atom stereocenters. The Bertz CT molecular complexity index is 578. The molecule has 1 aromatic carbocycles. The van der Waals surface area contributed by atoms with Crippen LogP contribution in [0.25, 0.3) is 0 Å². The van der Waals surface area contributed by atoms with E-state index in [1.807, 2.05) is 0 Å². The van der Waals surface area contributed by atoms with E-state index in [1.165, 1.54) is 6.07 Å². The molecule has 7 nitrogen and oxygen atoms in total. The van der Waals surface area contributed by atoms with E-state index >= 15 is 0 Å². The highest BCUT2D eigenvalue weighted by Gasteiger charge is 2.20. The van der Waals surface area contributed by atoms with Crippen LogP contribution in [-0.2, 0) is 9.59 Å². The second-order valence-electron chi connectivity index (χ2n) is 4.23. The molecule has 1 rings (SSSR count). The maximum absolute atomic E-state index is 12.0. The van der Waals surface area contributed by atoms with Crippen LogP contribution in [0.5, 0.6) is 0 Å². The number of carbonyl (C=O) groups excluding carboxylic acids is 2. The maximum Gasteiger partial charge on any atom is 0.323 e. The van der Waals surface area contributed by atoms with Crippen molar-refractivity contribution in [2.75, 3.05) is 18.4 Å². The van der Waals surface area contributed by atoms with E-state index in [0.29, 0.717) is 15.2 Å². The van der Waals surface area contributed by atoms with Crippen LogP contribution in [0.4, 0.5) is 10.5 Å². The van der Waals surface area contributed by atoms with Crippen molar-refractivity contribution < 1.29 is 19.5 Å². The zero-order chi connectivity index (χ0) is 16.2. The lowest BCUT2D eigenvalue weighted by atomic mass is 10.2. The molecule has 3 amide bonds. The molecule has 0 unspecified atom stereocenters. The summed E-state index contributed by atoms with van der Waals surface area (Å²) in [5, 5.41) is 11.7. The summed E-state index contributed by atoms with van der Waals surface area (Å²) >= 11 is 9.22. The zero-order valence-corrected chi connectivity index (χ0v) is 13.4. The van der Waals surface area contributed by atoms with E-state index in [0.717, 1.165) is 10.5 Å². The van der Waals surface area contributed by atoms with Gasteiger partial charge < -0.3 is 21.1 Å². The van der Waals surface area contributed by atoms with Crippen LogP contribution >= 0.6 is 27.5 Å². The minimum absolute atomic E-state index is 0.357. The molecule has 21 heavy (non-hydrogen) atoms. The van der Waals surface area contributed by atoms with Crippen molar-refractivity contribution in [1.29, 1.82) is 0 Å². The summed E-state index contributed by atoms with van der Waals surface area (Å²) in [5.41, 5.74) is 6.15. The summed E-state index contributed by atoms with van der Waals surface area (Å²) in [6.07, 6.45) is 0. The Balaban J connectivity index is 2.93. The van der Waals surface area contributed by atoms with Gasteiger partial charge in [-0.3, -0.25) is 9.59 Å². The molecule has 0 saturated heterocycles. The second kappa shape index (κ2) is 7.28. The normalized spacial score (nSPS) is 10.0. The fourth-order valence-electron chi connectivity index (χ4n) is 1.49. The molecule has 1 aromatic rings. The number of benzene rings is 1. The highest BCUT2D eigenvalue weighted by atomic mass is 79.9. The van der Waals surface area contributed by atoms with Gasteiger partial charge in [-0.1, -0.05) is 11.6 Å². The number of nitrogens with one attached hydrogen (secondary N) is 1. The fraction of sp³-hybridized carbons (Fsp3) is 0.250. The average molecular weight is 379 g/mol. The molecule has 0 aliphatic rings. The fourth-order valence-corrected chi connectivity index (χ4v) is 2.21. The van der Waals surface area contributed by atoms with Gasteiger partial charge in [0.05, 0.1) is 5.69 Å². The predicted molar refractivity (Wildman–Crippen MR) is 81.3 cm³/mol.